The Morgan fingerprint density at radius 1 is 1.09 bits per heavy atom. The molecule has 0 spiro atoms. The van der Waals surface area contributed by atoms with Gasteiger partial charge in [-0.2, -0.15) is 0 Å². The van der Waals surface area contributed by atoms with E-state index in [0.717, 1.165) is 0 Å². The Morgan fingerprint density at radius 3 is 2.18 bits per heavy atom. The largest absolute Gasteiger partial charge is 0.0917 e. The molecule has 0 unspecified atom stereocenters. The van der Waals surface area contributed by atoms with Crippen LogP contribution in [0.1, 0.15) is 26.2 Å². The minimum atomic E-state index is -0.741. The minimum Gasteiger partial charge on any atom is -0.0917 e. The SMILES string of the molecule is CC=CCCCC[Si](C)(C)C. The van der Waals surface area contributed by atoms with Crippen LogP contribution in [-0.2, 0) is 0 Å². The molecule has 0 amide bonds. The molecule has 0 N–H and O–H groups in total. The average Bonchev–Trinajstić information content (AvgIpc) is 1.85. The monoisotopic (exact) mass is 170 g/mol. The normalized spacial score (nSPS) is 12.7. The Bertz CT molecular complexity index is 109. The van der Waals surface area contributed by atoms with Crippen LogP contribution >= 0.6 is 0 Å². The second-order valence-electron chi connectivity index (χ2n) is 4.38. The Morgan fingerprint density at radius 2 is 1.73 bits per heavy atom. The van der Waals surface area contributed by atoms with Gasteiger partial charge in [0.25, 0.3) is 0 Å². The van der Waals surface area contributed by atoms with Crippen molar-refractivity contribution in [2.45, 2.75) is 51.9 Å². The molecule has 0 aliphatic carbocycles. The summed E-state index contributed by atoms with van der Waals surface area (Å²) in [4.78, 5) is 0. The molecule has 0 heterocycles. The van der Waals surface area contributed by atoms with E-state index in [1.54, 1.807) is 0 Å². The van der Waals surface area contributed by atoms with Crippen LogP contribution in [0.3, 0.4) is 0 Å². The van der Waals surface area contributed by atoms with Crippen molar-refractivity contribution in [1.82, 2.24) is 0 Å². The number of hydrogen-bond acceptors (Lipinski definition) is 0. The molecule has 0 aliphatic heterocycles. The van der Waals surface area contributed by atoms with Gasteiger partial charge in [0, 0.05) is 8.07 Å². The van der Waals surface area contributed by atoms with E-state index in [9.17, 15) is 0 Å². The summed E-state index contributed by atoms with van der Waals surface area (Å²) in [5.41, 5.74) is 0. The average molecular weight is 170 g/mol. The van der Waals surface area contributed by atoms with Crippen LogP contribution in [-0.4, -0.2) is 8.07 Å². The van der Waals surface area contributed by atoms with Crippen LogP contribution in [0.15, 0.2) is 12.2 Å². The summed E-state index contributed by atoms with van der Waals surface area (Å²) in [6.07, 6.45) is 8.51. The first-order chi connectivity index (χ1) is 5.06. The predicted octanol–water partition coefficient (Wildman–Crippen LogP) is 4.07. The molecular formula is C10H22Si. The minimum absolute atomic E-state index is 0.741. The van der Waals surface area contributed by atoms with Gasteiger partial charge in [-0.05, 0) is 13.3 Å². The van der Waals surface area contributed by atoms with Crippen molar-refractivity contribution in [3.8, 4) is 0 Å². The fraction of sp³-hybridized carbons (Fsp3) is 0.800. The maximum absolute atomic E-state index is 2.45. The van der Waals surface area contributed by atoms with Crippen molar-refractivity contribution in [1.29, 1.82) is 0 Å². The van der Waals surface area contributed by atoms with E-state index in [-0.39, 0.29) is 0 Å². The third-order valence-corrected chi connectivity index (χ3v) is 3.64. The summed E-state index contributed by atoms with van der Waals surface area (Å²) in [6.45, 7) is 9.44. The highest BCUT2D eigenvalue weighted by Crippen LogP contribution is 2.13. The van der Waals surface area contributed by atoms with E-state index < -0.39 is 8.07 Å². The first kappa shape index (κ1) is 11.0. The highest BCUT2D eigenvalue weighted by molar-refractivity contribution is 6.76. The van der Waals surface area contributed by atoms with Crippen molar-refractivity contribution < 1.29 is 0 Å². The smallest absolute Gasteiger partial charge is 0.0442 e. The topological polar surface area (TPSA) is 0 Å². The van der Waals surface area contributed by atoms with Crippen LogP contribution in [0.2, 0.25) is 25.7 Å². The highest BCUT2D eigenvalue weighted by Gasteiger charge is 2.10. The number of rotatable bonds is 5. The third-order valence-electron chi connectivity index (χ3n) is 1.78. The molecule has 0 radical (unpaired) electrons. The molecule has 0 saturated heterocycles. The van der Waals surface area contributed by atoms with Gasteiger partial charge >= 0.3 is 0 Å². The summed E-state index contributed by atoms with van der Waals surface area (Å²) >= 11 is 0. The molecule has 0 saturated carbocycles. The molecule has 0 atom stereocenters. The van der Waals surface area contributed by atoms with Gasteiger partial charge in [0.1, 0.15) is 0 Å². The van der Waals surface area contributed by atoms with Gasteiger partial charge in [0.15, 0.2) is 0 Å². The van der Waals surface area contributed by atoms with Crippen LogP contribution in [0.25, 0.3) is 0 Å². The second kappa shape index (κ2) is 5.59. The summed E-state index contributed by atoms with van der Waals surface area (Å²) in [6, 6.07) is 1.49. The molecule has 0 aromatic heterocycles. The zero-order chi connectivity index (χ0) is 8.74. The molecule has 0 aliphatic rings. The lowest BCUT2D eigenvalue weighted by Crippen LogP contribution is -2.18. The molecule has 66 valence electrons. The van der Waals surface area contributed by atoms with Crippen LogP contribution in [0.5, 0.6) is 0 Å². The second-order valence-corrected chi connectivity index (χ2v) is 10.00. The van der Waals surface area contributed by atoms with E-state index in [0.29, 0.717) is 0 Å². The summed E-state index contributed by atoms with van der Waals surface area (Å²) < 4.78 is 0. The van der Waals surface area contributed by atoms with Crippen molar-refractivity contribution in [2.24, 2.45) is 0 Å². The van der Waals surface area contributed by atoms with Gasteiger partial charge in [-0.3, -0.25) is 0 Å². The lowest BCUT2D eigenvalue weighted by Gasteiger charge is -2.14. The van der Waals surface area contributed by atoms with Crippen molar-refractivity contribution >= 4 is 8.07 Å². The van der Waals surface area contributed by atoms with E-state index in [2.05, 4.69) is 38.7 Å². The number of hydrogen-bond donors (Lipinski definition) is 0. The van der Waals surface area contributed by atoms with Crippen molar-refractivity contribution in [3.05, 3.63) is 12.2 Å². The zero-order valence-corrected chi connectivity index (χ0v) is 9.48. The van der Waals surface area contributed by atoms with E-state index >= 15 is 0 Å². The van der Waals surface area contributed by atoms with Crippen molar-refractivity contribution in [3.63, 3.8) is 0 Å². The first-order valence-corrected chi connectivity index (χ1v) is 8.38. The van der Waals surface area contributed by atoms with Crippen molar-refractivity contribution in [2.75, 3.05) is 0 Å². The first-order valence-electron chi connectivity index (χ1n) is 4.67. The standard InChI is InChI=1S/C10H22Si/c1-5-6-7-8-9-10-11(2,3)4/h5-6H,7-10H2,1-4H3. The van der Waals surface area contributed by atoms with E-state index in [1.165, 1.54) is 25.3 Å². The molecule has 0 fully saturated rings. The Kier molecular flexibility index (Phi) is 5.57. The van der Waals surface area contributed by atoms with Gasteiger partial charge < -0.3 is 0 Å². The predicted molar refractivity (Wildman–Crippen MR) is 56.8 cm³/mol. The summed E-state index contributed by atoms with van der Waals surface area (Å²) in [5, 5.41) is 0. The van der Waals surface area contributed by atoms with Gasteiger partial charge in [0.05, 0.1) is 0 Å². The number of allylic oxidation sites excluding steroid dienone is 2. The highest BCUT2D eigenvalue weighted by atomic mass is 28.3. The molecule has 0 bridgehead atoms. The molecule has 11 heavy (non-hydrogen) atoms. The van der Waals surface area contributed by atoms with E-state index in [4.69, 9.17) is 0 Å². The zero-order valence-electron chi connectivity index (χ0n) is 8.48. The van der Waals surface area contributed by atoms with E-state index in [1.807, 2.05) is 0 Å². The lowest BCUT2D eigenvalue weighted by atomic mass is 10.2. The van der Waals surface area contributed by atoms with Gasteiger partial charge in [-0.15, -0.1) is 0 Å². The molecule has 0 aromatic carbocycles. The Labute approximate surface area is 72.7 Å². The van der Waals surface area contributed by atoms with Crippen LogP contribution < -0.4 is 0 Å². The molecular weight excluding hydrogens is 148 g/mol. The van der Waals surface area contributed by atoms with Gasteiger partial charge in [-0.1, -0.05) is 50.7 Å². The third kappa shape index (κ3) is 9.96. The molecule has 0 nitrogen and oxygen atoms in total. The molecule has 0 rings (SSSR count). The fourth-order valence-electron chi connectivity index (χ4n) is 1.08. The lowest BCUT2D eigenvalue weighted by molar-refractivity contribution is 0.802. The Hall–Kier alpha value is -0.0431. The van der Waals surface area contributed by atoms with Crippen LogP contribution in [0, 0.1) is 0 Å². The summed E-state index contributed by atoms with van der Waals surface area (Å²) in [7, 11) is -0.741. The number of unbranched alkanes of at least 4 members (excludes halogenated alkanes) is 2. The quantitative estimate of drug-likeness (QED) is 0.331. The van der Waals surface area contributed by atoms with Gasteiger partial charge in [-0.25, -0.2) is 0 Å². The molecule has 0 aromatic rings. The molecule has 1 heteroatoms. The van der Waals surface area contributed by atoms with Gasteiger partial charge in [0.2, 0.25) is 0 Å². The fourth-order valence-corrected chi connectivity index (χ4v) is 2.39. The van der Waals surface area contributed by atoms with Crippen LogP contribution in [0.4, 0.5) is 0 Å². The maximum atomic E-state index is 2.45. The summed E-state index contributed by atoms with van der Waals surface area (Å²) in [5.74, 6) is 0. The maximum Gasteiger partial charge on any atom is 0.0442 e. The Balaban J connectivity index is 3.15.